The van der Waals surface area contributed by atoms with E-state index in [2.05, 4.69) is 5.32 Å². The molecule has 0 radical (unpaired) electrons. The van der Waals surface area contributed by atoms with Gasteiger partial charge in [0.2, 0.25) is 0 Å². The van der Waals surface area contributed by atoms with Gasteiger partial charge >= 0.3 is 12.1 Å². The Bertz CT molecular complexity index is 964. The number of ether oxygens (including phenoxy) is 3. The van der Waals surface area contributed by atoms with Crippen molar-refractivity contribution in [3.8, 4) is 17.6 Å². The van der Waals surface area contributed by atoms with Crippen LogP contribution in [-0.2, 0) is 14.3 Å². The van der Waals surface area contributed by atoms with E-state index < -0.39 is 24.3 Å². The van der Waals surface area contributed by atoms with Crippen LogP contribution >= 0.6 is 0 Å². The Hall–Kier alpha value is -4.03. The predicted octanol–water partition coefficient (Wildman–Crippen LogP) is 3.22. The molecule has 0 fully saturated rings. The van der Waals surface area contributed by atoms with Gasteiger partial charge in [-0.2, -0.15) is 5.26 Å². The van der Waals surface area contributed by atoms with Crippen LogP contribution < -0.4 is 10.1 Å². The lowest BCUT2D eigenvalue weighted by molar-refractivity contribution is -0.131. The topological polar surface area (TPSA) is 138 Å². The van der Waals surface area contributed by atoms with Gasteiger partial charge in [0.05, 0.1) is 18.7 Å². The molecule has 9 heteroatoms. The SMILES string of the molecule is COc1ccc([C@H](OC(=O)Nc2ccc(C#N)cc2)[C@H](/C=C/C(=O)O)OC)cc1O. The molecule has 0 aliphatic rings. The van der Waals surface area contributed by atoms with Crippen LogP contribution in [0.2, 0.25) is 0 Å². The molecule has 0 saturated heterocycles. The maximum atomic E-state index is 12.4. The molecular weight excluding hydrogens is 392 g/mol. The highest BCUT2D eigenvalue weighted by atomic mass is 16.6. The number of carbonyl (C=O) groups excluding carboxylic acids is 1. The molecule has 2 aromatic carbocycles. The van der Waals surface area contributed by atoms with Crippen molar-refractivity contribution >= 4 is 17.7 Å². The molecule has 0 bridgehead atoms. The van der Waals surface area contributed by atoms with Crippen molar-refractivity contribution < 1.29 is 34.0 Å². The van der Waals surface area contributed by atoms with Crippen molar-refractivity contribution in [3.63, 3.8) is 0 Å². The number of phenolic OH excluding ortho intramolecular Hbond substituents is 1. The van der Waals surface area contributed by atoms with Gasteiger partial charge in [-0.1, -0.05) is 6.07 Å². The van der Waals surface area contributed by atoms with Gasteiger partial charge in [0.1, 0.15) is 6.10 Å². The van der Waals surface area contributed by atoms with Crippen molar-refractivity contribution in [2.75, 3.05) is 19.5 Å². The fourth-order valence-electron chi connectivity index (χ4n) is 2.58. The number of hydrogen-bond acceptors (Lipinski definition) is 7. The maximum Gasteiger partial charge on any atom is 0.412 e. The maximum absolute atomic E-state index is 12.4. The molecule has 0 aromatic heterocycles. The lowest BCUT2D eigenvalue weighted by Crippen LogP contribution is -2.27. The zero-order chi connectivity index (χ0) is 22.1. The molecule has 30 heavy (non-hydrogen) atoms. The predicted molar refractivity (Wildman–Crippen MR) is 106 cm³/mol. The van der Waals surface area contributed by atoms with Crippen molar-refractivity contribution in [1.82, 2.24) is 0 Å². The highest BCUT2D eigenvalue weighted by Gasteiger charge is 2.27. The third kappa shape index (κ3) is 5.98. The van der Waals surface area contributed by atoms with Crippen LogP contribution in [0.25, 0.3) is 0 Å². The first kappa shape index (κ1) is 22.3. The summed E-state index contributed by atoms with van der Waals surface area (Å²) in [5.74, 6) is -1.17. The van der Waals surface area contributed by atoms with Crippen molar-refractivity contribution in [3.05, 3.63) is 65.7 Å². The second-order valence-electron chi connectivity index (χ2n) is 5.97. The van der Waals surface area contributed by atoms with Gasteiger partial charge in [0, 0.05) is 18.9 Å². The Kier molecular flexibility index (Phi) is 7.79. The van der Waals surface area contributed by atoms with E-state index in [1.165, 1.54) is 56.7 Å². The first-order chi connectivity index (χ1) is 14.4. The number of aromatic hydroxyl groups is 1. The normalized spacial score (nSPS) is 12.6. The van der Waals surface area contributed by atoms with E-state index in [0.29, 0.717) is 16.8 Å². The van der Waals surface area contributed by atoms with Gasteiger partial charge in [0.25, 0.3) is 0 Å². The van der Waals surface area contributed by atoms with Crippen LogP contribution in [0.1, 0.15) is 17.2 Å². The van der Waals surface area contributed by atoms with Crippen LogP contribution in [-0.4, -0.2) is 42.6 Å². The van der Waals surface area contributed by atoms with E-state index in [1.54, 1.807) is 6.07 Å². The summed E-state index contributed by atoms with van der Waals surface area (Å²) in [5, 5.41) is 30.3. The quantitative estimate of drug-likeness (QED) is 0.562. The van der Waals surface area contributed by atoms with Crippen LogP contribution in [0.5, 0.6) is 11.5 Å². The molecule has 0 spiro atoms. The van der Waals surface area contributed by atoms with Crippen LogP contribution in [0.4, 0.5) is 10.5 Å². The average molecular weight is 412 g/mol. The number of phenols is 1. The van der Waals surface area contributed by atoms with Gasteiger partial charge in [-0.3, -0.25) is 5.32 Å². The van der Waals surface area contributed by atoms with Gasteiger partial charge in [0.15, 0.2) is 17.6 Å². The molecule has 0 heterocycles. The molecule has 2 aromatic rings. The molecule has 0 saturated carbocycles. The van der Waals surface area contributed by atoms with Gasteiger partial charge in [-0.25, -0.2) is 9.59 Å². The number of carboxylic acid groups (broad SMARTS) is 1. The summed E-state index contributed by atoms with van der Waals surface area (Å²) in [4.78, 5) is 23.3. The van der Waals surface area contributed by atoms with Gasteiger partial charge in [-0.05, 0) is 48.0 Å². The van der Waals surface area contributed by atoms with Crippen LogP contribution in [0, 0.1) is 11.3 Å². The fourth-order valence-corrected chi connectivity index (χ4v) is 2.58. The van der Waals surface area contributed by atoms with E-state index in [0.717, 1.165) is 6.08 Å². The van der Waals surface area contributed by atoms with Crippen molar-refractivity contribution in [1.29, 1.82) is 5.26 Å². The Morgan fingerprint density at radius 2 is 1.87 bits per heavy atom. The number of carbonyl (C=O) groups is 2. The number of rotatable bonds is 8. The standard InChI is InChI=1S/C21H20N2O7/c1-28-17-8-5-14(11-16(17)24)20(18(29-2)9-10-19(25)26)30-21(27)23-15-6-3-13(12-22)4-7-15/h3-11,18,20,24H,1-2H3,(H,23,27)(H,25,26)/b10-9+/t18-,20-/m0/s1. The second kappa shape index (κ2) is 10.5. The van der Waals surface area contributed by atoms with Gasteiger partial charge < -0.3 is 24.4 Å². The number of methoxy groups -OCH3 is 2. The van der Waals surface area contributed by atoms with E-state index in [9.17, 15) is 14.7 Å². The van der Waals surface area contributed by atoms with E-state index in [4.69, 9.17) is 24.6 Å². The molecule has 0 aliphatic carbocycles. The molecule has 2 atom stereocenters. The monoisotopic (exact) mass is 412 g/mol. The second-order valence-corrected chi connectivity index (χ2v) is 5.97. The van der Waals surface area contributed by atoms with E-state index in [-0.39, 0.29) is 11.5 Å². The first-order valence-electron chi connectivity index (χ1n) is 8.66. The number of amides is 1. The van der Waals surface area contributed by atoms with Crippen molar-refractivity contribution in [2.45, 2.75) is 12.2 Å². The van der Waals surface area contributed by atoms with Gasteiger partial charge in [-0.15, -0.1) is 0 Å². The minimum absolute atomic E-state index is 0.187. The number of nitrogens with one attached hydrogen (secondary N) is 1. The highest BCUT2D eigenvalue weighted by molar-refractivity contribution is 5.85. The number of carboxylic acids is 1. The molecule has 0 unspecified atom stereocenters. The number of aliphatic carboxylic acids is 1. The zero-order valence-electron chi connectivity index (χ0n) is 16.2. The van der Waals surface area contributed by atoms with Crippen LogP contribution in [0.3, 0.4) is 0 Å². The minimum Gasteiger partial charge on any atom is -0.504 e. The Morgan fingerprint density at radius 3 is 2.40 bits per heavy atom. The molecule has 0 aliphatic heterocycles. The molecule has 3 N–H and O–H groups in total. The minimum atomic E-state index is -1.20. The Morgan fingerprint density at radius 1 is 1.17 bits per heavy atom. The summed E-state index contributed by atoms with van der Waals surface area (Å²) in [5.41, 5.74) is 1.18. The Labute approximate surface area is 172 Å². The van der Waals surface area contributed by atoms with E-state index in [1.807, 2.05) is 6.07 Å². The summed E-state index contributed by atoms with van der Waals surface area (Å²) in [6.07, 6.45) is -0.789. The summed E-state index contributed by atoms with van der Waals surface area (Å²) < 4.78 is 15.8. The zero-order valence-corrected chi connectivity index (χ0v) is 16.2. The van der Waals surface area contributed by atoms with E-state index >= 15 is 0 Å². The average Bonchev–Trinajstić information content (AvgIpc) is 2.73. The lowest BCUT2D eigenvalue weighted by Gasteiger charge is -2.24. The lowest BCUT2D eigenvalue weighted by atomic mass is 10.0. The fraction of sp³-hybridized carbons (Fsp3) is 0.190. The largest absolute Gasteiger partial charge is 0.504 e. The number of benzene rings is 2. The number of nitrogens with zero attached hydrogens (tertiary/aromatic N) is 1. The van der Waals surface area contributed by atoms with Crippen molar-refractivity contribution in [2.24, 2.45) is 0 Å². The molecular formula is C21H20N2O7. The molecule has 1 amide bonds. The number of anilines is 1. The molecule has 9 nitrogen and oxygen atoms in total. The number of nitriles is 1. The van der Waals surface area contributed by atoms with Crippen LogP contribution in [0.15, 0.2) is 54.6 Å². The third-order valence-corrected chi connectivity index (χ3v) is 4.02. The summed E-state index contributed by atoms with van der Waals surface area (Å²) in [6.45, 7) is 0. The first-order valence-corrected chi connectivity index (χ1v) is 8.66. The summed E-state index contributed by atoms with van der Waals surface area (Å²) >= 11 is 0. The number of hydrogen-bond donors (Lipinski definition) is 3. The highest BCUT2D eigenvalue weighted by Crippen LogP contribution is 2.33. The summed E-state index contributed by atoms with van der Waals surface area (Å²) in [7, 11) is 2.72. The molecule has 156 valence electrons. The molecule has 2 rings (SSSR count). The summed E-state index contributed by atoms with van der Waals surface area (Å²) in [6, 6.07) is 12.5. The Balaban J connectivity index is 2.29. The smallest absolute Gasteiger partial charge is 0.412 e. The third-order valence-electron chi connectivity index (χ3n) is 4.02.